The minimum atomic E-state index is -0.982. The molecule has 1 fully saturated rings. The van der Waals surface area contributed by atoms with Gasteiger partial charge in [-0.05, 0) is 55.3 Å². The van der Waals surface area contributed by atoms with Crippen LogP contribution in [-0.4, -0.2) is 35.2 Å². The molecule has 5 nitrogen and oxygen atoms in total. The minimum absolute atomic E-state index is 0.145. The number of Topliss-reactive ketones (excluding diaryl/α,β-unsaturated/α-hetero) is 1. The Labute approximate surface area is 156 Å². The number of esters is 1. The van der Waals surface area contributed by atoms with E-state index in [-0.39, 0.29) is 11.5 Å². The van der Waals surface area contributed by atoms with Gasteiger partial charge in [-0.3, -0.25) is 9.59 Å². The largest absolute Gasteiger partial charge is 0.451 e. The van der Waals surface area contributed by atoms with Crippen molar-refractivity contribution in [3.05, 3.63) is 71.0 Å². The number of amides is 1. The summed E-state index contributed by atoms with van der Waals surface area (Å²) >= 11 is 0. The van der Waals surface area contributed by atoms with Crippen molar-refractivity contribution in [3.8, 4) is 0 Å². The van der Waals surface area contributed by atoms with Crippen LogP contribution in [0, 0.1) is 5.82 Å². The van der Waals surface area contributed by atoms with Crippen LogP contribution in [0.25, 0.3) is 0 Å². The fourth-order valence-electron chi connectivity index (χ4n) is 2.97. The average Bonchev–Trinajstić information content (AvgIpc) is 3.07. The molecular formula is C21H20FNO4. The molecule has 1 aliphatic rings. The molecule has 0 bridgehead atoms. The van der Waals surface area contributed by atoms with Crippen LogP contribution in [0.2, 0.25) is 0 Å². The lowest BCUT2D eigenvalue weighted by Gasteiger charge is -2.16. The molecule has 0 N–H and O–H groups in total. The highest BCUT2D eigenvalue weighted by Gasteiger charge is 2.22. The molecule has 2 aromatic carbocycles. The van der Waals surface area contributed by atoms with Crippen LogP contribution in [0.4, 0.5) is 4.39 Å². The Hall–Kier alpha value is -3.02. The molecule has 0 aliphatic carbocycles. The number of nitrogens with zero attached hydrogens (tertiary/aromatic N) is 1. The van der Waals surface area contributed by atoms with Crippen molar-refractivity contribution in [2.75, 3.05) is 6.54 Å². The fraction of sp³-hybridized carbons (Fsp3) is 0.286. The number of hydrogen-bond acceptors (Lipinski definition) is 4. The van der Waals surface area contributed by atoms with Gasteiger partial charge in [0.15, 0.2) is 6.10 Å². The van der Waals surface area contributed by atoms with Crippen LogP contribution in [0.15, 0.2) is 48.5 Å². The molecule has 3 rings (SSSR count). The Kier molecular flexibility index (Phi) is 5.64. The van der Waals surface area contributed by atoms with E-state index in [9.17, 15) is 18.8 Å². The van der Waals surface area contributed by atoms with Gasteiger partial charge in [0, 0.05) is 25.1 Å². The third kappa shape index (κ3) is 4.58. The first-order valence-electron chi connectivity index (χ1n) is 8.81. The molecule has 0 radical (unpaired) electrons. The highest BCUT2D eigenvalue weighted by atomic mass is 19.1. The zero-order valence-corrected chi connectivity index (χ0v) is 15.0. The van der Waals surface area contributed by atoms with Crippen LogP contribution in [-0.2, 0) is 16.1 Å². The number of halogens is 1. The molecule has 1 saturated heterocycles. The van der Waals surface area contributed by atoms with Crippen molar-refractivity contribution in [2.45, 2.75) is 32.4 Å². The summed E-state index contributed by atoms with van der Waals surface area (Å²) in [5.74, 6) is -1.30. The van der Waals surface area contributed by atoms with E-state index < -0.39 is 23.7 Å². The van der Waals surface area contributed by atoms with E-state index in [4.69, 9.17) is 4.74 Å². The number of benzene rings is 2. The van der Waals surface area contributed by atoms with Crippen LogP contribution >= 0.6 is 0 Å². The summed E-state index contributed by atoms with van der Waals surface area (Å²) in [7, 11) is 0. The van der Waals surface area contributed by atoms with Gasteiger partial charge in [0.2, 0.25) is 11.7 Å². The van der Waals surface area contributed by atoms with Gasteiger partial charge in [0.25, 0.3) is 0 Å². The molecular weight excluding hydrogens is 349 g/mol. The predicted octanol–water partition coefficient (Wildman–Crippen LogP) is 3.38. The number of likely N-dealkylation sites (tertiary alicyclic amines) is 1. The second-order valence-electron chi connectivity index (χ2n) is 6.53. The van der Waals surface area contributed by atoms with E-state index in [1.54, 1.807) is 29.2 Å². The Balaban J connectivity index is 1.59. The quantitative estimate of drug-likeness (QED) is 0.578. The summed E-state index contributed by atoms with van der Waals surface area (Å²) in [5, 5.41) is 0. The van der Waals surface area contributed by atoms with E-state index in [0.717, 1.165) is 18.5 Å². The zero-order valence-electron chi connectivity index (χ0n) is 15.0. The average molecular weight is 369 g/mol. The van der Waals surface area contributed by atoms with E-state index >= 15 is 0 Å². The molecule has 140 valence electrons. The van der Waals surface area contributed by atoms with Crippen LogP contribution in [0.1, 0.15) is 46.0 Å². The maximum Gasteiger partial charge on any atom is 0.338 e. The van der Waals surface area contributed by atoms with Gasteiger partial charge < -0.3 is 9.64 Å². The Morgan fingerprint density at radius 2 is 1.70 bits per heavy atom. The molecule has 0 aromatic heterocycles. The molecule has 1 aliphatic heterocycles. The number of rotatable bonds is 6. The van der Waals surface area contributed by atoms with Gasteiger partial charge in [-0.25, -0.2) is 9.18 Å². The molecule has 0 saturated carbocycles. The van der Waals surface area contributed by atoms with E-state index in [1.165, 1.54) is 31.2 Å². The van der Waals surface area contributed by atoms with Crippen molar-refractivity contribution in [1.29, 1.82) is 0 Å². The fourth-order valence-corrected chi connectivity index (χ4v) is 2.97. The van der Waals surface area contributed by atoms with Gasteiger partial charge in [-0.15, -0.1) is 0 Å². The number of hydrogen-bond donors (Lipinski definition) is 0. The van der Waals surface area contributed by atoms with Gasteiger partial charge in [-0.2, -0.15) is 0 Å². The van der Waals surface area contributed by atoms with Crippen LogP contribution in [0.3, 0.4) is 0 Å². The van der Waals surface area contributed by atoms with Crippen LogP contribution < -0.4 is 0 Å². The highest BCUT2D eigenvalue weighted by Crippen LogP contribution is 2.16. The van der Waals surface area contributed by atoms with Gasteiger partial charge in [-0.1, -0.05) is 12.1 Å². The lowest BCUT2D eigenvalue weighted by molar-refractivity contribution is -0.128. The molecule has 6 heteroatoms. The Bertz CT molecular complexity index is 845. The highest BCUT2D eigenvalue weighted by molar-refractivity contribution is 6.01. The maximum absolute atomic E-state index is 12.9. The third-order valence-corrected chi connectivity index (χ3v) is 4.52. The second-order valence-corrected chi connectivity index (χ2v) is 6.53. The number of ketones is 1. The molecule has 1 amide bonds. The van der Waals surface area contributed by atoms with E-state index in [2.05, 4.69) is 0 Å². The lowest BCUT2D eigenvalue weighted by atomic mass is 10.1. The molecule has 1 atom stereocenters. The summed E-state index contributed by atoms with van der Waals surface area (Å²) in [6, 6.07) is 11.9. The molecule has 27 heavy (non-hydrogen) atoms. The number of carbonyl (C=O) groups is 3. The molecule has 0 spiro atoms. The smallest absolute Gasteiger partial charge is 0.338 e. The van der Waals surface area contributed by atoms with Crippen molar-refractivity contribution >= 4 is 17.7 Å². The van der Waals surface area contributed by atoms with E-state index in [1.807, 2.05) is 0 Å². The number of ether oxygens (including phenoxy) is 1. The van der Waals surface area contributed by atoms with Crippen LogP contribution in [0.5, 0.6) is 0 Å². The first-order chi connectivity index (χ1) is 12.9. The molecule has 1 heterocycles. The van der Waals surface area contributed by atoms with Crippen molar-refractivity contribution in [1.82, 2.24) is 4.90 Å². The van der Waals surface area contributed by atoms with E-state index in [0.29, 0.717) is 18.5 Å². The summed E-state index contributed by atoms with van der Waals surface area (Å²) in [6.07, 6.45) is 0.484. The minimum Gasteiger partial charge on any atom is -0.451 e. The SMILES string of the molecule is C[C@H](OC(=O)c1ccc(CN2CCCC2=O)cc1)C(=O)c1ccc(F)cc1. The summed E-state index contributed by atoms with van der Waals surface area (Å²) < 4.78 is 18.2. The van der Waals surface area contributed by atoms with Crippen molar-refractivity contribution in [3.63, 3.8) is 0 Å². The van der Waals surface area contributed by atoms with Crippen molar-refractivity contribution in [2.24, 2.45) is 0 Å². The Morgan fingerprint density at radius 1 is 1.07 bits per heavy atom. The zero-order chi connectivity index (χ0) is 19.4. The molecule has 2 aromatic rings. The standard InChI is InChI=1S/C21H20FNO4/c1-14(20(25)16-8-10-18(22)11-9-16)27-21(26)17-6-4-15(5-7-17)13-23-12-2-3-19(23)24/h4-11,14H,2-3,12-13H2,1H3/t14-/m0/s1. The monoisotopic (exact) mass is 369 g/mol. The van der Waals surface area contributed by atoms with Gasteiger partial charge >= 0.3 is 5.97 Å². The topological polar surface area (TPSA) is 63.7 Å². The summed E-state index contributed by atoms with van der Waals surface area (Å²) in [5.41, 5.74) is 1.53. The normalized spacial score (nSPS) is 14.9. The first kappa shape index (κ1) is 18.8. The summed E-state index contributed by atoms with van der Waals surface area (Å²) in [4.78, 5) is 38.0. The lowest BCUT2D eigenvalue weighted by Crippen LogP contribution is -2.25. The maximum atomic E-state index is 12.9. The predicted molar refractivity (Wildman–Crippen MR) is 96.7 cm³/mol. The molecule has 0 unspecified atom stereocenters. The Morgan fingerprint density at radius 3 is 2.30 bits per heavy atom. The van der Waals surface area contributed by atoms with Gasteiger partial charge in [0.1, 0.15) is 5.82 Å². The van der Waals surface area contributed by atoms with Gasteiger partial charge in [0.05, 0.1) is 5.56 Å². The van der Waals surface area contributed by atoms with Crippen molar-refractivity contribution < 1.29 is 23.5 Å². The summed E-state index contributed by atoms with van der Waals surface area (Å²) in [6.45, 7) is 2.76. The number of carbonyl (C=O) groups excluding carboxylic acids is 3. The third-order valence-electron chi connectivity index (χ3n) is 4.52. The second kappa shape index (κ2) is 8.12. The first-order valence-corrected chi connectivity index (χ1v) is 8.81.